The number of aromatic nitrogens is 3. The molecule has 0 atom stereocenters. The third kappa shape index (κ3) is 3.47. The summed E-state index contributed by atoms with van der Waals surface area (Å²) in [6, 6.07) is 19.5. The van der Waals surface area contributed by atoms with Crippen LogP contribution < -0.4 is 5.43 Å². The number of hydrogen-bond donors (Lipinski definition) is 1. The normalized spacial score (nSPS) is 13.9. The van der Waals surface area contributed by atoms with Crippen LogP contribution in [0.15, 0.2) is 65.8 Å². The number of hydrogen-bond acceptors (Lipinski definition) is 4. The van der Waals surface area contributed by atoms with Crippen molar-refractivity contribution in [2.24, 2.45) is 11.0 Å². The topological polar surface area (TPSA) is 72.2 Å². The van der Waals surface area contributed by atoms with Crippen LogP contribution >= 0.6 is 0 Å². The van der Waals surface area contributed by atoms with Crippen LogP contribution in [0.25, 0.3) is 16.9 Å². The van der Waals surface area contributed by atoms with E-state index in [1.165, 1.54) is 0 Å². The summed E-state index contributed by atoms with van der Waals surface area (Å²) >= 11 is 0. The SMILES string of the molecule is O=C(NN=Cc1nn(-c2ccccc2)nc1-c1ccccc1)C1CC1. The largest absolute Gasteiger partial charge is 0.273 e. The molecule has 25 heavy (non-hydrogen) atoms. The first-order chi connectivity index (χ1) is 12.3. The Kier molecular flexibility index (Phi) is 4.08. The summed E-state index contributed by atoms with van der Waals surface area (Å²) < 4.78 is 0. The molecule has 1 fully saturated rings. The maximum absolute atomic E-state index is 11.7. The number of para-hydroxylation sites is 1. The van der Waals surface area contributed by atoms with Crippen LogP contribution in [-0.2, 0) is 4.79 Å². The first kappa shape index (κ1) is 15.3. The van der Waals surface area contributed by atoms with E-state index >= 15 is 0 Å². The molecule has 2 aromatic carbocycles. The molecule has 0 spiro atoms. The number of nitrogens with zero attached hydrogens (tertiary/aromatic N) is 4. The highest BCUT2D eigenvalue weighted by atomic mass is 16.2. The molecule has 6 nitrogen and oxygen atoms in total. The summed E-state index contributed by atoms with van der Waals surface area (Å²) in [5.74, 6) is 0.0821. The van der Waals surface area contributed by atoms with Crippen molar-refractivity contribution in [2.75, 3.05) is 0 Å². The summed E-state index contributed by atoms with van der Waals surface area (Å²) in [4.78, 5) is 13.3. The molecule has 4 rings (SSSR count). The van der Waals surface area contributed by atoms with E-state index in [0.717, 1.165) is 24.1 Å². The summed E-state index contributed by atoms with van der Waals surface area (Å²) in [6.07, 6.45) is 3.44. The van der Waals surface area contributed by atoms with Gasteiger partial charge >= 0.3 is 0 Å². The Balaban J connectivity index is 1.66. The molecule has 1 N–H and O–H groups in total. The quantitative estimate of drug-likeness (QED) is 0.577. The van der Waals surface area contributed by atoms with E-state index in [1.54, 1.807) is 11.0 Å². The highest BCUT2D eigenvalue weighted by molar-refractivity contribution is 5.88. The summed E-state index contributed by atoms with van der Waals surface area (Å²) in [7, 11) is 0. The average Bonchev–Trinajstić information content (AvgIpc) is 3.43. The van der Waals surface area contributed by atoms with Crippen molar-refractivity contribution in [1.29, 1.82) is 0 Å². The molecule has 0 radical (unpaired) electrons. The van der Waals surface area contributed by atoms with Crippen LogP contribution in [0.5, 0.6) is 0 Å². The molecule has 124 valence electrons. The van der Waals surface area contributed by atoms with Gasteiger partial charge in [-0.1, -0.05) is 48.5 Å². The van der Waals surface area contributed by atoms with Crippen LogP contribution in [0.4, 0.5) is 0 Å². The number of amides is 1. The van der Waals surface area contributed by atoms with Gasteiger partial charge in [-0.2, -0.15) is 9.90 Å². The maximum atomic E-state index is 11.7. The van der Waals surface area contributed by atoms with Gasteiger partial charge in [0, 0.05) is 11.5 Å². The number of carbonyl (C=O) groups excluding carboxylic acids is 1. The van der Waals surface area contributed by atoms with Gasteiger partial charge < -0.3 is 0 Å². The van der Waals surface area contributed by atoms with E-state index in [2.05, 4.69) is 20.7 Å². The molecular weight excluding hydrogens is 314 g/mol. The summed E-state index contributed by atoms with van der Waals surface area (Å²) in [5.41, 5.74) is 5.70. The Bertz CT molecular complexity index is 898. The van der Waals surface area contributed by atoms with Gasteiger partial charge in [-0.05, 0) is 25.0 Å². The Morgan fingerprint density at radius 2 is 1.72 bits per heavy atom. The number of benzene rings is 2. The molecule has 1 aliphatic rings. The standard InChI is InChI=1S/C19H17N5O/c25-19(15-11-12-15)21-20-13-17-18(14-7-3-1-4-8-14)23-24(22-17)16-9-5-2-6-10-16/h1-10,13,15H,11-12H2,(H,21,25). The second-order valence-corrected chi connectivity index (χ2v) is 5.93. The van der Waals surface area contributed by atoms with Gasteiger partial charge in [-0.15, -0.1) is 10.2 Å². The Morgan fingerprint density at radius 1 is 1.04 bits per heavy atom. The number of nitrogens with one attached hydrogen (secondary N) is 1. The van der Waals surface area contributed by atoms with E-state index < -0.39 is 0 Å². The third-order valence-electron chi connectivity index (χ3n) is 3.98. The maximum Gasteiger partial charge on any atom is 0.243 e. The van der Waals surface area contributed by atoms with E-state index in [0.29, 0.717) is 11.4 Å². The molecule has 6 heteroatoms. The fourth-order valence-electron chi connectivity index (χ4n) is 2.48. The molecule has 1 saturated carbocycles. The molecule has 1 heterocycles. The van der Waals surface area contributed by atoms with E-state index in [1.807, 2.05) is 60.7 Å². The van der Waals surface area contributed by atoms with Gasteiger partial charge in [-0.25, -0.2) is 5.43 Å². The molecule has 0 bridgehead atoms. The van der Waals surface area contributed by atoms with Crippen LogP contribution in [-0.4, -0.2) is 27.1 Å². The zero-order valence-corrected chi connectivity index (χ0v) is 13.5. The van der Waals surface area contributed by atoms with Crippen molar-refractivity contribution in [2.45, 2.75) is 12.8 Å². The van der Waals surface area contributed by atoms with Crippen LogP contribution in [0.1, 0.15) is 18.5 Å². The smallest absolute Gasteiger partial charge is 0.243 e. The number of carbonyl (C=O) groups is 1. The van der Waals surface area contributed by atoms with Crippen molar-refractivity contribution >= 4 is 12.1 Å². The molecule has 0 aliphatic heterocycles. The number of hydrazone groups is 1. The summed E-state index contributed by atoms with van der Waals surface area (Å²) in [6.45, 7) is 0. The lowest BCUT2D eigenvalue weighted by Gasteiger charge is -1.98. The molecule has 1 aliphatic carbocycles. The van der Waals surface area contributed by atoms with Gasteiger partial charge in [0.1, 0.15) is 11.4 Å². The van der Waals surface area contributed by atoms with E-state index in [-0.39, 0.29) is 11.8 Å². The van der Waals surface area contributed by atoms with Crippen molar-refractivity contribution < 1.29 is 4.79 Å². The lowest BCUT2D eigenvalue weighted by molar-refractivity contribution is -0.122. The Morgan fingerprint density at radius 3 is 2.40 bits per heavy atom. The first-order valence-electron chi connectivity index (χ1n) is 8.22. The summed E-state index contributed by atoms with van der Waals surface area (Å²) in [5, 5.41) is 13.2. The molecule has 3 aromatic rings. The zero-order valence-electron chi connectivity index (χ0n) is 13.5. The van der Waals surface area contributed by atoms with Gasteiger partial charge in [0.15, 0.2) is 0 Å². The minimum absolute atomic E-state index is 0.0343. The zero-order chi connectivity index (χ0) is 17.1. The highest BCUT2D eigenvalue weighted by Crippen LogP contribution is 2.28. The van der Waals surface area contributed by atoms with Crippen LogP contribution in [0.3, 0.4) is 0 Å². The van der Waals surface area contributed by atoms with Crippen molar-refractivity contribution in [1.82, 2.24) is 20.4 Å². The lowest BCUT2D eigenvalue weighted by atomic mass is 10.1. The van der Waals surface area contributed by atoms with Gasteiger partial charge in [-0.3, -0.25) is 4.79 Å². The molecular formula is C19H17N5O. The van der Waals surface area contributed by atoms with Crippen molar-refractivity contribution in [3.8, 4) is 16.9 Å². The molecule has 1 aromatic heterocycles. The minimum Gasteiger partial charge on any atom is -0.273 e. The van der Waals surface area contributed by atoms with Crippen molar-refractivity contribution in [3.63, 3.8) is 0 Å². The fraction of sp³-hybridized carbons (Fsp3) is 0.158. The molecule has 0 saturated heterocycles. The first-order valence-corrected chi connectivity index (χ1v) is 8.22. The van der Waals surface area contributed by atoms with Gasteiger partial charge in [0.2, 0.25) is 5.91 Å². The van der Waals surface area contributed by atoms with E-state index in [4.69, 9.17) is 0 Å². The Labute approximate surface area is 145 Å². The van der Waals surface area contributed by atoms with Gasteiger partial charge in [0.05, 0.1) is 11.9 Å². The van der Waals surface area contributed by atoms with Crippen LogP contribution in [0.2, 0.25) is 0 Å². The third-order valence-corrected chi connectivity index (χ3v) is 3.98. The number of rotatable bonds is 5. The monoisotopic (exact) mass is 331 g/mol. The predicted octanol–water partition coefficient (Wildman–Crippen LogP) is 2.79. The highest BCUT2D eigenvalue weighted by Gasteiger charge is 2.29. The second-order valence-electron chi connectivity index (χ2n) is 5.93. The van der Waals surface area contributed by atoms with Crippen molar-refractivity contribution in [3.05, 3.63) is 66.4 Å². The fourth-order valence-corrected chi connectivity index (χ4v) is 2.48. The Hall–Kier alpha value is -3.28. The predicted molar refractivity (Wildman–Crippen MR) is 95.3 cm³/mol. The minimum atomic E-state index is -0.0343. The average molecular weight is 331 g/mol. The van der Waals surface area contributed by atoms with Crippen LogP contribution in [0, 0.1) is 5.92 Å². The lowest BCUT2D eigenvalue weighted by Crippen LogP contribution is -2.19. The van der Waals surface area contributed by atoms with E-state index in [9.17, 15) is 4.79 Å². The van der Waals surface area contributed by atoms with Gasteiger partial charge in [0.25, 0.3) is 0 Å². The molecule has 1 amide bonds. The second kappa shape index (κ2) is 6.68. The molecule has 0 unspecified atom stereocenters.